The van der Waals surface area contributed by atoms with Crippen molar-refractivity contribution in [1.82, 2.24) is 10.2 Å². The topological polar surface area (TPSA) is 117 Å². The molecule has 0 aromatic heterocycles. The van der Waals surface area contributed by atoms with Crippen LogP contribution in [0.5, 0.6) is 17.2 Å². The summed E-state index contributed by atoms with van der Waals surface area (Å²) in [5.74, 6) is -1.57. The maximum absolute atomic E-state index is 14.0. The monoisotopic (exact) mass is 531 g/mol. The second-order valence-corrected chi connectivity index (χ2v) is 10.5. The van der Waals surface area contributed by atoms with E-state index in [-0.39, 0.29) is 30.9 Å². The Morgan fingerprint density at radius 2 is 1.71 bits per heavy atom. The standard InChI is InChI=1S/C28H22ClN3O6/c29-16-4-7-19-18(11-16)28(27(36)30-19)24-23(20(31-28)9-14-1-5-17(33)6-2-14)25(34)32(26(24)35)12-15-3-8-21-22(10-15)38-13-37-21/h1-8,10-11,20,23-24,31,33H,9,12-13H2,(H,30,36)/t20-,23-,24-,28+/m0/s1. The molecule has 4 aliphatic heterocycles. The van der Waals surface area contributed by atoms with E-state index in [9.17, 15) is 19.5 Å². The van der Waals surface area contributed by atoms with E-state index in [1.807, 2.05) is 0 Å². The number of benzene rings is 3. The SMILES string of the molecule is O=C1[C@H]2[C@H](Cc3ccc(O)cc3)N[C@@]3(C(=O)Nc4ccc(Cl)cc43)[C@@H]2C(=O)N1Cc1ccc2c(c1)OCO2. The first-order valence-electron chi connectivity index (χ1n) is 12.3. The van der Waals surface area contributed by atoms with Gasteiger partial charge in [0, 0.05) is 22.3 Å². The molecule has 3 amide bonds. The molecule has 4 atom stereocenters. The Bertz CT molecular complexity index is 1530. The molecule has 2 fully saturated rings. The maximum Gasteiger partial charge on any atom is 0.250 e. The normalized spacial score (nSPS) is 26.7. The number of anilines is 1. The zero-order valence-electron chi connectivity index (χ0n) is 19.9. The first-order chi connectivity index (χ1) is 18.3. The number of phenols is 1. The smallest absolute Gasteiger partial charge is 0.250 e. The molecule has 3 aromatic rings. The molecule has 38 heavy (non-hydrogen) atoms. The van der Waals surface area contributed by atoms with E-state index in [0.29, 0.717) is 39.8 Å². The van der Waals surface area contributed by atoms with Crippen molar-refractivity contribution in [3.8, 4) is 17.2 Å². The van der Waals surface area contributed by atoms with Crippen molar-refractivity contribution in [3.05, 3.63) is 82.4 Å². The van der Waals surface area contributed by atoms with E-state index < -0.39 is 29.3 Å². The third-order valence-electron chi connectivity index (χ3n) is 7.94. The minimum atomic E-state index is -1.44. The Hall–Kier alpha value is -4.08. The fourth-order valence-electron chi connectivity index (χ4n) is 6.27. The molecule has 0 unspecified atom stereocenters. The summed E-state index contributed by atoms with van der Waals surface area (Å²) in [4.78, 5) is 42.8. The number of fused-ring (bicyclic) bond motifs is 5. The van der Waals surface area contributed by atoms with E-state index in [1.165, 1.54) is 4.90 Å². The molecule has 3 aromatic carbocycles. The summed E-state index contributed by atoms with van der Waals surface area (Å²) in [6.45, 7) is 0.169. The first kappa shape index (κ1) is 23.1. The fraction of sp³-hybridized carbons (Fsp3) is 0.250. The van der Waals surface area contributed by atoms with Gasteiger partial charge in [0.05, 0.1) is 18.4 Å². The molecule has 0 aliphatic carbocycles. The van der Waals surface area contributed by atoms with Crippen LogP contribution in [0.15, 0.2) is 60.7 Å². The number of likely N-dealkylation sites (tertiary alicyclic amines) is 1. The summed E-state index contributed by atoms with van der Waals surface area (Å²) in [5.41, 5.74) is 1.25. The molecule has 0 bridgehead atoms. The number of hydrogen-bond acceptors (Lipinski definition) is 7. The van der Waals surface area contributed by atoms with Crippen LogP contribution < -0.4 is 20.1 Å². The number of amides is 3. The van der Waals surface area contributed by atoms with Gasteiger partial charge >= 0.3 is 0 Å². The second kappa shape index (κ2) is 8.21. The van der Waals surface area contributed by atoms with E-state index in [0.717, 1.165) is 5.56 Å². The van der Waals surface area contributed by atoms with E-state index in [1.54, 1.807) is 60.7 Å². The molecule has 10 heteroatoms. The van der Waals surface area contributed by atoms with Crippen molar-refractivity contribution < 1.29 is 29.0 Å². The predicted molar refractivity (Wildman–Crippen MR) is 136 cm³/mol. The van der Waals surface area contributed by atoms with Gasteiger partial charge in [-0.1, -0.05) is 29.8 Å². The van der Waals surface area contributed by atoms with E-state index in [2.05, 4.69) is 10.6 Å². The number of hydrogen-bond donors (Lipinski definition) is 3. The highest BCUT2D eigenvalue weighted by Crippen LogP contribution is 2.54. The van der Waals surface area contributed by atoms with Gasteiger partial charge in [-0.15, -0.1) is 0 Å². The van der Waals surface area contributed by atoms with Gasteiger partial charge in [0.15, 0.2) is 11.5 Å². The molecule has 1 spiro atoms. The number of nitrogens with one attached hydrogen (secondary N) is 2. The molecule has 4 heterocycles. The third kappa shape index (κ3) is 3.25. The lowest BCUT2D eigenvalue weighted by molar-refractivity contribution is -0.143. The number of imide groups is 1. The highest BCUT2D eigenvalue weighted by atomic mass is 35.5. The maximum atomic E-state index is 14.0. The van der Waals surface area contributed by atoms with E-state index >= 15 is 0 Å². The molecule has 9 nitrogen and oxygen atoms in total. The number of ether oxygens (including phenoxy) is 2. The quantitative estimate of drug-likeness (QED) is 0.443. The van der Waals surface area contributed by atoms with Crippen molar-refractivity contribution in [3.63, 3.8) is 0 Å². The Kier molecular flexibility index (Phi) is 4.98. The van der Waals surface area contributed by atoms with Crippen LogP contribution in [-0.2, 0) is 32.9 Å². The van der Waals surface area contributed by atoms with Crippen LogP contribution in [0.3, 0.4) is 0 Å². The van der Waals surface area contributed by atoms with Gasteiger partial charge in [0.1, 0.15) is 11.3 Å². The highest BCUT2D eigenvalue weighted by molar-refractivity contribution is 6.31. The van der Waals surface area contributed by atoms with Crippen LogP contribution in [0, 0.1) is 11.8 Å². The molecule has 0 saturated carbocycles. The van der Waals surface area contributed by atoms with Crippen molar-refractivity contribution in [2.75, 3.05) is 12.1 Å². The number of rotatable bonds is 4. The van der Waals surface area contributed by atoms with Gasteiger partial charge in [0.2, 0.25) is 24.5 Å². The van der Waals surface area contributed by atoms with Crippen LogP contribution in [-0.4, -0.2) is 40.6 Å². The molecule has 3 N–H and O–H groups in total. The molecule has 4 aliphatic rings. The van der Waals surface area contributed by atoms with Crippen LogP contribution in [0.4, 0.5) is 5.69 Å². The lowest BCUT2D eigenvalue weighted by Crippen LogP contribution is -2.53. The molecular weight excluding hydrogens is 510 g/mol. The van der Waals surface area contributed by atoms with E-state index in [4.69, 9.17) is 21.1 Å². The second-order valence-electron chi connectivity index (χ2n) is 10.0. The largest absolute Gasteiger partial charge is 0.508 e. The Morgan fingerprint density at radius 1 is 0.947 bits per heavy atom. The fourth-order valence-corrected chi connectivity index (χ4v) is 6.44. The molecule has 0 radical (unpaired) electrons. The minimum absolute atomic E-state index is 0.0489. The summed E-state index contributed by atoms with van der Waals surface area (Å²) in [5, 5.41) is 16.4. The molecule has 7 rings (SSSR count). The van der Waals surface area contributed by atoms with Gasteiger partial charge in [-0.3, -0.25) is 24.6 Å². The minimum Gasteiger partial charge on any atom is -0.508 e. The van der Waals surface area contributed by atoms with Crippen molar-refractivity contribution >= 4 is 35.0 Å². The number of nitrogens with zero attached hydrogens (tertiary/aromatic N) is 1. The summed E-state index contributed by atoms with van der Waals surface area (Å²) < 4.78 is 10.8. The van der Waals surface area contributed by atoms with Gasteiger partial charge in [0.25, 0.3) is 0 Å². The number of carbonyl (C=O) groups is 3. The highest BCUT2D eigenvalue weighted by Gasteiger charge is 2.70. The Balaban J connectivity index is 1.30. The van der Waals surface area contributed by atoms with Gasteiger partial charge in [-0.2, -0.15) is 0 Å². The zero-order valence-corrected chi connectivity index (χ0v) is 20.7. The average molecular weight is 532 g/mol. The Labute approximate surface area is 222 Å². The third-order valence-corrected chi connectivity index (χ3v) is 8.17. The Morgan fingerprint density at radius 3 is 2.53 bits per heavy atom. The lowest BCUT2D eigenvalue weighted by Gasteiger charge is -2.29. The average Bonchev–Trinajstić information content (AvgIpc) is 3.63. The summed E-state index contributed by atoms with van der Waals surface area (Å²) in [7, 11) is 0. The summed E-state index contributed by atoms with van der Waals surface area (Å²) in [6, 6.07) is 16.5. The number of phenolic OH excluding ortho intramolecular Hbond substituents is 1. The van der Waals surface area contributed by atoms with Crippen LogP contribution >= 0.6 is 11.6 Å². The summed E-state index contributed by atoms with van der Waals surface area (Å²) >= 11 is 6.33. The predicted octanol–water partition coefficient (Wildman–Crippen LogP) is 2.94. The lowest BCUT2D eigenvalue weighted by atomic mass is 9.76. The van der Waals surface area contributed by atoms with Crippen molar-refractivity contribution in [2.45, 2.75) is 24.5 Å². The van der Waals surface area contributed by atoms with Crippen LogP contribution in [0.2, 0.25) is 5.02 Å². The van der Waals surface area contributed by atoms with Crippen LogP contribution in [0.25, 0.3) is 0 Å². The molecular formula is C28H22ClN3O6. The molecule has 192 valence electrons. The molecule has 2 saturated heterocycles. The van der Waals surface area contributed by atoms with Gasteiger partial charge in [-0.05, 0) is 60.0 Å². The van der Waals surface area contributed by atoms with Gasteiger partial charge < -0.3 is 19.9 Å². The van der Waals surface area contributed by atoms with Crippen LogP contribution in [0.1, 0.15) is 16.7 Å². The zero-order chi connectivity index (χ0) is 26.2. The summed E-state index contributed by atoms with van der Waals surface area (Å²) in [6.07, 6.45) is 0.378. The first-order valence-corrected chi connectivity index (χ1v) is 12.6. The number of carbonyl (C=O) groups excluding carboxylic acids is 3. The van der Waals surface area contributed by atoms with Crippen molar-refractivity contribution in [1.29, 1.82) is 0 Å². The van der Waals surface area contributed by atoms with Crippen molar-refractivity contribution in [2.24, 2.45) is 11.8 Å². The number of halogens is 1. The van der Waals surface area contributed by atoms with Gasteiger partial charge in [-0.25, -0.2) is 0 Å². The number of aromatic hydroxyl groups is 1.